The van der Waals surface area contributed by atoms with Gasteiger partial charge in [0.1, 0.15) is 5.82 Å². The fourth-order valence-electron chi connectivity index (χ4n) is 2.24. The number of amides is 1. The zero-order valence-corrected chi connectivity index (χ0v) is 13.8. The number of hydrogen-bond acceptors (Lipinski definition) is 3. The van der Waals surface area contributed by atoms with Crippen LogP contribution < -0.4 is 11.1 Å². The summed E-state index contributed by atoms with van der Waals surface area (Å²) in [6.45, 7) is 0. The number of hydrogen-bond donors (Lipinski definition) is 4. The van der Waals surface area contributed by atoms with Crippen LogP contribution in [0.1, 0.15) is 17.2 Å². The maximum absolute atomic E-state index is 13.0. The molecular weight excluding hydrogens is 358 g/mol. The number of halogens is 3. The molecule has 3 aromatic rings. The van der Waals surface area contributed by atoms with Gasteiger partial charge < -0.3 is 15.8 Å². The van der Waals surface area contributed by atoms with Crippen molar-refractivity contribution in [1.29, 1.82) is 0 Å². The van der Waals surface area contributed by atoms with E-state index in [4.69, 9.17) is 10.8 Å². The molecule has 1 heterocycles. The van der Waals surface area contributed by atoms with Crippen LogP contribution in [0.3, 0.4) is 0 Å². The number of fused-ring (bicyclic) bond motifs is 1. The van der Waals surface area contributed by atoms with Gasteiger partial charge in [-0.2, -0.15) is 0 Å². The Morgan fingerprint density at radius 1 is 1.17 bits per heavy atom. The second-order valence-corrected chi connectivity index (χ2v) is 4.82. The SMILES string of the molecule is Cl.Cl.NC(c1ccc(F)cc1)c1ccc2[nH]c(NC(=O)O)nc2c1. The van der Waals surface area contributed by atoms with Gasteiger partial charge in [0, 0.05) is 0 Å². The molecule has 0 radical (unpaired) electrons. The number of benzene rings is 2. The number of carbonyl (C=O) groups is 1. The third-order valence-corrected chi connectivity index (χ3v) is 3.32. The fourth-order valence-corrected chi connectivity index (χ4v) is 2.24. The molecule has 0 aliphatic carbocycles. The molecule has 0 aliphatic heterocycles. The number of nitrogens with two attached hydrogens (primary N) is 1. The van der Waals surface area contributed by atoms with Crippen molar-refractivity contribution in [2.45, 2.75) is 6.04 Å². The van der Waals surface area contributed by atoms with Crippen LogP contribution in [-0.4, -0.2) is 21.2 Å². The lowest BCUT2D eigenvalue weighted by molar-refractivity contribution is 0.209. The maximum atomic E-state index is 13.0. The van der Waals surface area contributed by atoms with Crippen molar-refractivity contribution in [3.63, 3.8) is 0 Å². The monoisotopic (exact) mass is 372 g/mol. The van der Waals surface area contributed by atoms with E-state index in [1.165, 1.54) is 12.1 Å². The second kappa shape index (κ2) is 7.96. The Labute approximate surface area is 149 Å². The van der Waals surface area contributed by atoms with Gasteiger partial charge in [0.05, 0.1) is 17.1 Å². The molecule has 24 heavy (non-hydrogen) atoms. The van der Waals surface area contributed by atoms with Gasteiger partial charge in [0.2, 0.25) is 5.95 Å². The van der Waals surface area contributed by atoms with Crippen molar-refractivity contribution in [3.05, 3.63) is 59.4 Å². The van der Waals surface area contributed by atoms with E-state index < -0.39 is 12.1 Å². The number of nitrogens with zero attached hydrogens (tertiary/aromatic N) is 1. The first kappa shape index (κ1) is 19.7. The molecule has 1 aromatic heterocycles. The van der Waals surface area contributed by atoms with Crippen molar-refractivity contribution in [2.75, 3.05) is 5.32 Å². The summed E-state index contributed by atoms with van der Waals surface area (Å²) >= 11 is 0. The Hall–Kier alpha value is -2.35. The third-order valence-electron chi connectivity index (χ3n) is 3.32. The second-order valence-electron chi connectivity index (χ2n) is 4.82. The highest BCUT2D eigenvalue weighted by atomic mass is 35.5. The third kappa shape index (κ3) is 4.14. The minimum absolute atomic E-state index is 0. The topological polar surface area (TPSA) is 104 Å². The summed E-state index contributed by atoms with van der Waals surface area (Å²) in [4.78, 5) is 17.6. The van der Waals surface area contributed by atoms with Crippen molar-refractivity contribution in [1.82, 2.24) is 9.97 Å². The predicted molar refractivity (Wildman–Crippen MR) is 94.7 cm³/mol. The summed E-state index contributed by atoms with van der Waals surface area (Å²) in [5.74, 6) is -0.168. The smallest absolute Gasteiger partial charge is 0.411 e. The lowest BCUT2D eigenvalue weighted by atomic mass is 9.99. The van der Waals surface area contributed by atoms with Crippen LogP contribution in [0.2, 0.25) is 0 Å². The van der Waals surface area contributed by atoms with Crippen molar-refractivity contribution >= 4 is 47.9 Å². The normalized spacial score (nSPS) is 11.2. The number of aromatic amines is 1. The first-order chi connectivity index (χ1) is 10.5. The van der Waals surface area contributed by atoms with Crippen molar-refractivity contribution in [2.24, 2.45) is 5.73 Å². The zero-order valence-electron chi connectivity index (χ0n) is 12.2. The van der Waals surface area contributed by atoms with E-state index in [0.29, 0.717) is 11.0 Å². The Morgan fingerprint density at radius 2 is 1.79 bits per heavy atom. The molecule has 0 fully saturated rings. The molecule has 9 heteroatoms. The van der Waals surface area contributed by atoms with Gasteiger partial charge in [0.15, 0.2) is 0 Å². The predicted octanol–water partition coefficient (Wildman–Crippen LogP) is 3.68. The van der Waals surface area contributed by atoms with Crippen LogP contribution in [0.4, 0.5) is 15.1 Å². The van der Waals surface area contributed by atoms with Crippen LogP contribution >= 0.6 is 24.8 Å². The van der Waals surface area contributed by atoms with Crippen LogP contribution in [0, 0.1) is 5.82 Å². The van der Waals surface area contributed by atoms with Crippen LogP contribution in [-0.2, 0) is 0 Å². The molecule has 1 unspecified atom stereocenters. The van der Waals surface area contributed by atoms with E-state index in [2.05, 4.69) is 15.3 Å². The summed E-state index contributed by atoms with van der Waals surface area (Å²) in [5.41, 5.74) is 9.04. The van der Waals surface area contributed by atoms with E-state index in [9.17, 15) is 9.18 Å². The van der Waals surface area contributed by atoms with Crippen LogP contribution in [0.5, 0.6) is 0 Å². The molecule has 1 atom stereocenters. The van der Waals surface area contributed by atoms with Gasteiger partial charge in [-0.25, -0.2) is 14.2 Å². The molecule has 6 nitrogen and oxygen atoms in total. The number of H-pyrrole nitrogens is 1. The van der Waals surface area contributed by atoms with Crippen molar-refractivity contribution < 1.29 is 14.3 Å². The summed E-state index contributed by atoms with van der Waals surface area (Å²) in [6.07, 6.45) is -1.19. The summed E-state index contributed by atoms with van der Waals surface area (Å²) in [6, 6.07) is 10.9. The Kier molecular flexibility index (Phi) is 6.53. The Morgan fingerprint density at radius 3 is 2.42 bits per heavy atom. The van der Waals surface area contributed by atoms with Gasteiger partial charge in [-0.1, -0.05) is 18.2 Å². The van der Waals surface area contributed by atoms with E-state index in [1.807, 2.05) is 6.07 Å². The molecule has 0 bridgehead atoms. The van der Waals surface area contributed by atoms with Crippen LogP contribution in [0.25, 0.3) is 11.0 Å². The van der Waals surface area contributed by atoms with Gasteiger partial charge >= 0.3 is 6.09 Å². The standard InChI is InChI=1S/C15H13FN4O2.2ClH/c16-10-4-1-8(2-5-10)13(17)9-3-6-11-12(7-9)19-14(18-11)20-15(21)22;;/h1-7,13H,17H2,(H,21,22)(H2,18,19,20);2*1H. The highest BCUT2D eigenvalue weighted by molar-refractivity contribution is 5.86. The highest BCUT2D eigenvalue weighted by Gasteiger charge is 2.12. The van der Waals surface area contributed by atoms with Crippen LogP contribution in [0.15, 0.2) is 42.5 Å². The fraction of sp³-hybridized carbons (Fsp3) is 0.0667. The van der Waals surface area contributed by atoms with E-state index in [-0.39, 0.29) is 36.6 Å². The lowest BCUT2D eigenvalue weighted by Gasteiger charge is -2.12. The first-order valence-corrected chi connectivity index (χ1v) is 6.53. The molecule has 0 saturated carbocycles. The molecule has 0 saturated heterocycles. The van der Waals surface area contributed by atoms with Gasteiger partial charge in [-0.3, -0.25) is 5.32 Å². The summed E-state index contributed by atoms with van der Waals surface area (Å²) in [7, 11) is 0. The summed E-state index contributed by atoms with van der Waals surface area (Å²) in [5, 5.41) is 10.8. The molecule has 1 amide bonds. The van der Waals surface area contributed by atoms with E-state index in [1.54, 1.807) is 24.3 Å². The molecule has 0 aliphatic rings. The average molecular weight is 373 g/mol. The maximum Gasteiger partial charge on any atom is 0.411 e. The quantitative estimate of drug-likeness (QED) is 0.562. The molecular formula is C15H15Cl2FN4O2. The highest BCUT2D eigenvalue weighted by Crippen LogP contribution is 2.24. The zero-order chi connectivity index (χ0) is 15.7. The van der Waals surface area contributed by atoms with Crippen molar-refractivity contribution in [3.8, 4) is 0 Å². The molecule has 3 rings (SSSR count). The lowest BCUT2D eigenvalue weighted by Crippen LogP contribution is -2.11. The number of imidazole rings is 1. The number of nitrogens with one attached hydrogen (secondary N) is 2. The minimum Gasteiger partial charge on any atom is -0.465 e. The Bertz CT molecular complexity index is 839. The minimum atomic E-state index is -1.19. The Balaban J connectivity index is 0.00000144. The average Bonchev–Trinajstić information content (AvgIpc) is 2.87. The number of aromatic nitrogens is 2. The largest absolute Gasteiger partial charge is 0.465 e. The van der Waals surface area contributed by atoms with E-state index >= 15 is 0 Å². The molecule has 5 N–H and O–H groups in total. The number of carboxylic acid groups (broad SMARTS) is 1. The molecule has 2 aromatic carbocycles. The van der Waals surface area contributed by atoms with E-state index in [0.717, 1.165) is 11.1 Å². The number of rotatable bonds is 3. The summed E-state index contributed by atoms with van der Waals surface area (Å²) < 4.78 is 13.0. The molecule has 0 spiro atoms. The van der Waals surface area contributed by atoms with Gasteiger partial charge in [-0.15, -0.1) is 24.8 Å². The first-order valence-electron chi connectivity index (χ1n) is 6.53. The molecule has 128 valence electrons. The number of anilines is 1. The van der Waals surface area contributed by atoms with Gasteiger partial charge in [0.25, 0.3) is 0 Å². The van der Waals surface area contributed by atoms with Gasteiger partial charge in [-0.05, 0) is 35.4 Å².